The summed E-state index contributed by atoms with van der Waals surface area (Å²) in [7, 11) is 0. The number of rotatable bonds is 0. The standard InChI is InChI=1S/C8H14O4/c9-7-8(10)12-6-4-2-1-3-5(6)11-7/h5-10H,1-4H2/t5-,6+,7-,8+. The van der Waals surface area contributed by atoms with Crippen LogP contribution in [-0.2, 0) is 9.47 Å². The van der Waals surface area contributed by atoms with Crippen molar-refractivity contribution in [1.29, 1.82) is 0 Å². The largest absolute Gasteiger partial charge is 0.364 e. The summed E-state index contributed by atoms with van der Waals surface area (Å²) in [5.41, 5.74) is 0. The predicted octanol–water partition coefficient (Wildman–Crippen LogP) is -0.0188. The van der Waals surface area contributed by atoms with E-state index in [2.05, 4.69) is 0 Å². The number of hydrogen-bond donors (Lipinski definition) is 2. The van der Waals surface area contributed by atoms with Crippen molar-refractivity contribution in [3.63, 3.8) is 0 Å². The molecule has 1 aliphatic carbocycles. The molecule has 0 bridgehead atoms. The molecule has 4 heteroatoms. The summed E-state index contributed by atoms with van der Waals surface area (Å²) in [5, 5.41) is 18.2. The van der Waals surface area contributed by atoms with Crippen LogP contribution in [0.1, 0.15) is 25.7 Å². The molecule has 2 aliphatic rings. The first kappa shape index (κ1) is 8.44. The van der Waals surface area contributed by atoms with E-state index in [4.69, 9.17) is 19.7 Å². The zero-order valence-corrected chi connectivity index (χ0v) is 6.85. The Morgan fingerprint density at radius 3 is 1.67 bits per heavy atom. The minimum atomic E-state index is -1.16. The zero-order valence-electron chi connectivity index (χ0n) is 6.85. The first-order chi connectivity index (χ1) is 5.77. The average molecular weight is 174 g/mol. The van der Waals surface area contributed by atoms with Crippen molar-refractivity contribution >= 4 is 0 Å². The van der Waals surface area contributed by atoms with Crippen LogP contribution in [0, 0.1) is 0 Å². The highest BCUT2D eigenvalue weighted by Crippen LogP contribution is 2.29. The molecule has 70 valence electrons. The van der Waals surface area contributed by atoms with Crippen molar-refractivity contribution in [3.05, 3.63) is 0 Å². The van der Waals surface area contributed by atoms with Crippen LogP contribution in [0.5, 0.6) is 0 Å². The summed E-state index contributed by atoms with van der Waals surface area (Å²) >= 11 is 0. The summed E-state index contributed by atoms with van der Waals surface area (Å²) in [6.45, 7) is 0. The summed E-state index contributed by atoms with van der Waals surface area (Å²) in [6.07, 6.45) is 1.73. The first-order valence-electron chi connectivity index (χ1n) is 4.44. The number of aliphatic hydroxyl groups is 2. The summed E-state index contributed by atoms with van der Waals surface area (Å²) < 4.78 is 10.4. The maximum atomic E-state index is 9.12. The molecule has 0 aromatic rings. The van der Waals surface area contributed by atoms with Gasteiger partial charge in [0.2, 0.25) is 12.6 Å². The van der Waals surface area contributed by atoms with Crippen molar-refractivity contribution in [2.45, 2.75) is 50.5 Å². The molecule has 0 aromatic heterocycles. The lowest BCUT2D eigenvalue weighted by atomic mass is 9.94. The fourth-order valence-corrected chi connectivity index (χ4v) is 1.87. The molecule has 0 unspecified atom stereocenters. The number of hydrogen-bond acceptors (Lipinski definition) is 4. The van der Waals surface area contributed by atoms with E-state index in [0.29, 0.717) is 0 Å². The van der Waals surface area contributed by atoms with Gasteiger partial charge >= 0.3 is 0 Å². The Morgan fingerprint density at radius 2 is 1.25 bits per heavy atom. The molecule has 12 heavy (non-hydrogen) atoms. The van der Waals surface area contributed by atoms with Gasteiger partial charge in [-0.15, -0.1) is 0 Å². The quantitative estimate of drug-likeness (QED) is 0.542. The fourth-order valence-electron chi connectivity index (χ4n) is 1.87. The highest BCUT2D eigenvalue weighted by atomic mass is 16.7. The Hall–Kier alpha value is -0.160. The van der Waals surface area contributed by atoms with Crippen LogP contribution in [0.25, 0.3) is 0 Å². The molecule has 4 atom stereocenters. The van der Waals surface area contributed by atoms with Crippen LogP contribution >= 0.6 is 0 Å². The Morgan fingerprint density at radius 1 is 0.833 bits per heavy atom. The molecular formula is C8H14O4. The van der Waals surface area contributed by atoms with Crippen molar-refractivity contribution in [2.24, 2.45) is 0 Å². The van der Waals surface area contributed by atoms with Crippen LogP contribution in [0.3, 0.4) is 0 Å². The minimum absolute atomic E-state index is 0.0165. The summed E-state index contributed by atoms with van der Waals surface area (Å²) in [5.74, 6) is 0. The highest BCUT2D eigenvalue weighted by Gasteiger charge is 2.38. The smallest absolute Gasteiger partial charge is 0.207 e. The van der Waals surface area contributed by atoms with E-state index in [1.165, 1.54) is 0 Å². The molecule has 1 saturated heterocycles. The number of aliphatic hydroxyl groups excluding tert-OH is 2. The van der Waals surface area contributed by atoms with Crippen molar-refractivity contribution in [3.8, 4) is 0 Å². The lowest BCUT2D eigenvalue weighted by Crippen LogP contribution is -2.50. The van der Waals surface area contributed by atoms with Gasteiger partial charge in [0, 0.05) is 0 Å². The maximum Gasteiger partial charge on any atom is 0.207 e. The molecule has 2 fully saturated rings. The van der Waals surface area contributed by atoms with Crippen LogP contribution in [0.4, 0.5) is 0 Å². The van der Waals surface area contributed by atoms with Gasteiger partial charge in [-0.3, -0.25) is 0 Å². The third-order valence-corrected chi connectivity index (χ3v) is 2.51. The summed E-state index contributed by atoms with van der Waals surface area (Å²) in [4.78, 5) is 0. The van der Waals surface area contributed by atoms with Gasteiger partial charge in [0.15, 0.2) is 0 Å². The van der Waals surface area contributed by atoms with Crippen LogP contribution in [-0.4, -0.2) is 35.0 Å². The molecule has 0 aromatic carbocycles. The predicted molar refractivity (Wildman–Crippen MR) is 40.2 cm³/mol. The van der Waals surface area contributed by atoms with Gasteiger partial charge in [0.1, 0.15) is 0 Å². The molecule has 1 saturated carbocycles. The van der Waals surface area contributed by atoms with Gasteiger partial charge in [0.05, 0.1) is 12.2 Å². The van der Waals surface area contributed by atoms with Gasteiger partial charge < -0.3 is 19.7 Å². The average Bonchev–Trinajstić information content (AvgIpc) is 2.07. The molecule has 1 aliphatic heterocycles. The van der Waals surface area contributed by atoms with Gasteiger partial charge in [0.25, 0.3) is 0 Å². The third kappa shape index (κ3) is 1.47. The third-order valence-electron chi connectivity index (χ3n) is 2.51. The van der Waals surface area contributed by atoms with Crippen molar-refractivity contribution in [1.82, 2.24) is 0 Å². The second-order valence-electron chi connectivity index (χ2n) is 3.41. The van der Waals surface area contributed by atoms with Gasteiger partial charge in [-0.05, 0) is 12.8 Å². The molecule has 0 spiro atoms. The molecule has 2 N–H and O–H groups in total. The SMILES string of the molecule is O[C@@H]1O[C@@H]2CCCC[C@@H]2O[C@@H]1O. The van der Waals surface area contributed by atoms with Crippen LogP contribution < -0.4 is 0 Å². The highest BCUT2D eigenvalue weighted by molar-refractivity contribution is 4.80. The van der Waals surface area contributed by atoms with Gasteiger partial charge in [-0.1, -0.05) is 12.8 Å². The second kappa shape index (κ2) is 3.30. The van der Waals surface area contributed by atoms with E-state index in [1.54, 1.807) is 0 Å². The summed E-state index contributed by atoms with van der Waals surface area (Å²) in [6, 6.07) is 0. The van der Waals surface area contributed by atoms with E-state index in [9.17, 15) is 0 Å². The normalized spacial score (nSPS) is 48.5. The Labute approximate surface area is 71.1 Å². The number of fused-ring (bicyclic) bond motifs is 1. The van der Waals surface area contributed by atoms with Crippen molar-refractivity contribution < 1.29 is 19.7 Å². The lowest BCUT2D eigenvalue weighted by molar-refractivity contribution is -0.343. The Kier molecular flexibility index (Phi) is 2.32. The van der Waals surface area contributed by atoms with Crippen LogP contribution in [0.15, 0.2) is 0 Å². The molecule has 2 rings (SSSR count). The van der Waals surface area contributed by atoms with E-state index >= 15 is 0 Å². The molecule has 0 radical (unpaired) electrons. The minimum Gasteiger partial charge on any atom is -0.364 e. The Bertz CT molecular complexity index is 143. The molecular weight excluding hydrogens is 160 g/mol. The second-order valence-corrected chi connectivity index (χ2v) is 3.41. The lowest BCUT2D eigenvalue weighted by Gasteiger charge is -2.39. The van der Waals surface area contributed by atoms with E-state index in [-0.39, 0.29) is 12.2 Å². The van der Waals surface area contributed by atoms with Gasteiger partial charge in [-0.25, -0.2) is 0 Å². The van der Waals surface area contributed by atoms with E-state index < -0.39 is 12.6 Å². The van der Waals surface area contributed by atoms with Crippen LogP contribution in [0.2, 0.25) is 0 Å². The molecule has 4 nitrogen and oxygen atoms in total. The van der Waals surface area contributed by atoms with Crippen molar-refractivity contribution in [2.75, 3.05) is 0 Å². The maximum absolute atomic E-state index is 9.12. The Balaban J connectivity index is 1.98. The first-order valence-corrected chi connectivity index (χ1v) is 4.44. The molecule has 1 heterocycles. The van der Waals surface area contributed by atoms with Gasteiger partial charge in [-0.2, -0.15) is 0 Å². The van der Waals surface area contributed by atoms with E-state index in [1.807, 2.05) is 0 Å². The monoisotopic (exact) mass is 174 g/mol. The topological polar surface area (TPSA) is 58.9 Å². The fraction of sp³-hybridized carbons (Fsp3) is 1.00. The zero-order chi connectivity index (χ0) is 8.55. The van der Waals surface area contributed by atoms with E-state index in [0.717, 1.165) is 25.7 Å². The molecule has 0 amide bonds. The number of ether oxygens (including phenoxy) is 2.